The zero-order valence-corrected chi connectivity index (χ0v) is 13.6. The highest BCUT2D eigenvalue weighted by Gasteiger charge is 2.14. The maximum Gasteiger partial charge on any atom is 0.310 e. The molecule has 0 unspecified atom stereocenters. The van der Waals surface area contributed by atoms with Crippen LogP contribution in [0, 0.1) is 30.2 Å². The molecule has 0 saturated heterocycles. The van der Waals surface area contributed by atoms with Gasteiger partial charge in [0, 0.05) is 11.9 Å². The van der Waals surface area contributed by atoms with Crippen molar-refractivity contribution in [1.29, 1.82) is 0 Å². The molecule has 0 aliphatic carbocycles. The standard InChI is InChI=1S/C18H13F4N3O/c1-10-4-2-3-5-15(10)23-18-24-17(26)14(21)9-25(18)8-11-6-12(19)16(22)13(20)7-11/h2-7,9H,8H2,1H3,(H,23,24,26). The molecule has 4 nitrogen and oxygen atoms in total. The number of para-hydroxylation sites is 1. The van der Waals surface area contributed by atoms with E-state index >= 15 is 0 Å². The monoisotopic (exact) mass is 363 g/mol. The Kier molecular flexibility index (Phi) is 4.75. The number of aromatic nitrogens is 2. The number of benzene rings is 2. The topological polar surface area (TPSA) is 46.9 Å². The molecule has 2 aromatic carbocycles. The molecule has 0 saturated carbocycles. The van der Waals surface area contributed by atoms with Crippen LogP contribution < -0.4 is 10.9 Å². The van der Waals surface area contributed by atoms with Crippen molar-refractivity contribution in [3.05, 3.63) is 87.3 Å². The van der Waals surface area contributed by atoms with Gasteiger partial charge in [-0.05, 0) is 36.2 Å². The maximum atomic E-state index is 13.7. The van der Waals surface area contributed by atoms with Crippen LogP contribution >= 0.6 is 0 Å². The van der Waals surface area contributed by atoms with Gasteiger partial charge in [-0.25, -0.2) is 13.2 Å². The van der Waals surface area contributed by atoms with E-state index in [9.17, 15) is 22.4 Å². The molecule has 8 heteroatoms. The Balaban J connectivity index is 2.02. The van der Waals surface area contributed by atoms with Crippen LogP contribution in [0.5, 0.6) is 0 Å². The van der Waals surface area contributed by atoms with Crippen LogP contribution in [0.15, 0.2) is 47.4 Å². The van der Waals surface area contributed by atoms with Gasteiger partial charge in [-0.3, -0.25) is 4.79 Å². The number of aryl methyl sites for hydroxylation is 1. The Morgan fingerprint density at radius 2 is 1.69 bits per heavy atom. The Bertz CT molecular complexity index is 1010. The SMILES string of the molecule is Cc1ccccc1Nc1nc(=O)c(F)cn1Cc1cc(F)c(F)c(F)c1. The quantitative estimate of drug-likeness (QED) is 0.565. The maximum absolute atomic E-state index is 13.7. The van der Waals surface area contributed by atoms with Gasteiger partial charge in [0.15, 0.2) is 17.5 Å². The van der Waals surface area contributed by atoms with Crippen LogP contribution in [0.25, 0.3) is 0 Å². The number of anilines is 2. The summed E-state index contributed by atoms with van der Waals surface area (Å²) in [6.07, 6.45) is 0.870. The lowest BCUT2D eigenvalue weighted by molar-refractivity contribution is 0.444. The number of hydrogen-bond donors (Lipinski definition) is 1. The van der Waals surface area contributed by atoms with Crippen molar-refractivity contribution in [3.8, 4) is 0 Å². The average molecular weight is 363 g/mol. The van der Waals surface area contributed by atoms with Gasteiger partial charge < -0.3 is 9.88 Å². The lowest BCUT2D eigenvalue weighted by atomic mass is 10.2. The zero-order chi connectivity index (χ0) is 18.8. The molecule has 3 rings (SSSR count). The lowest BCUT2D eigenvalue weighted by Gasteiger charge is -2.15. The highest BCUT2D eigenvalue weighted by Crippen LogP contribution is 2.20. The van der Waals surface area contributed by atoms with Crippen LogP contribution in [0.4, 0.5) is 29.2 Å². The summed E-state index contributed by atoms with van der Waals surface area (Å²) in [6, 6.07) is 8.71. The summed E-state index contributed by atoms with van der Waals surface area (Å²) in [5.41, 5.74) is 0.431. The second-order valence-corrected chi connectivity index (χ2v) is 5.66. The predicted octanol–water partition coefficient (Wildman–Crippen LogP) is 3.90. The van der Waals surface area contributed by atoms with Gasteiger partial charge in [0.2, 0.25) is 11.8 Å². The molecule has 3 aromatic rings. The minimum Gasteiger partial charge on any atom is -0.325 e. The summed E-state index contributed by atoms with van der Waals surface area (Å²) in [6.45, 7) is 1.59. The van der Waals surface area contributed by atoms with Crippen molar-refractivity contribution in [3.63, 3.8) is 0 Å². The van der Waals surface area contributed by atoms with Gasteiger partial charge in [-0.2, -0.15) is 9.37 Å². The third-order valence-electron chi connectivity index (χ3n) is 3.74. The largest absolute Gasteiger partial charge is 0.325 e. The molecule has 0 fully saturated rings. The lowest BCUT2D eigenvalue weighted by Crippen LogP contribution is -2.20. The van der Waals surface area contributed by atoms with E-state index in [4.69, 9.17) is 0 Å². The van der Waals surface area contributed by atoms with E-state index in [0.29, 0.717) is 5.69 Å². The molecule has 0 spiro atoms. The highest BCUT2D eigenvalue weighted by molar-refractivity contribution is 5.58. The molecule has 0 bridgehead atoms. The number of rotatable bonds is 4. The van der Waals surface area contributed by atoms with Gasteiger partial charge >= 0.3 is 5.56 Å². The van der Waals surface area contributed by atoms with E-state index in [1.54, 1.807) is 12.1 Å². The Morgan fingerprint density at radius 1 is 1.04 bits per heavy atom. The van der Waals surface area contributed by atoms with Gasteiger partial charge in [0.05, 0.1) is 6.54 Å². The van der Waals surface area contributed by atoms with Crippen molar-refractivity contribution >= 4 is 11.6 Å². The Labute approximate surface area is 145 Å². The number of halogens is 4. The molecule has 1 N–H and O–H groups in total. The molecule has 0 amide bonds. The molecular formula is C18H13F4N3O. The second kappa shape index (κ2) is 6.99. The van der Waals surface area contributed by atoms with Crippen LogP contribution in [0.1, 0.15) is 11.1 Å². The van der Waals surface area contributed by atoms with Crippen molar-refractivity contribution in [1.82, 2.24) is 9.55 Å². The predicted molar refractivity (Wildman–Crippen MR) is 88.3 cm³/mol. The summed E-state index contributed by atoms with van der Waals surface area (Å²) in [4.78, 5) is 15.2. The summed E-state index contributed by atoms with van der Waals surface area (Å²) in [5, 5.41) is 2.89. The van der Waals surface area contributed by atoms with Crippen molar-refractivity contribution in [2.75, 3.05) is 5.32 Å². The molecule has 0 aliphatic rings. The van der Waals surface area contributed by atoms with Gasteiger partial charge in [0.25, 0.3) is 0 Å². The van der Waals surface area contributed by atoms with Crippen molar-refractivity contribution < 1.29 is 17.6 Å². The molecule has 1 heterocycles. The first-order valence-corrected chi connectivity index (χ1v) is 7.58. The van der Waals surface area contributed by atoms with Crippen molar-refractivity contribution in [2.45, 2.75) is 13.5 Å². The van der Waals surface area contributed by atoms with Crippen molar-refractivity contribution in [2.24, 2.45) is 0 Å². The average Bonchev–Trinajstić information content (AvgIpc) is 2.59. The zero-order valence-electron chi connectivity index (χ0n) is 13.6. The molecule has 134 valence electrons. The first-order valence-electron chi connectivity index (χ1n) is 7.58. The molecule has 0 aliphatic heterocycles. The summed E-state index contributed by atoms with van der Waals surface area (Å²) in [5.74, 6) is -5.44. The van der Waals surface area contributed by atoms with E-state index < -0.39 is 28.8 Å². The molecule has 0 atom stereocenters. The van der Waals surface area contributed by atoms with E-state index in [1.807, 2.05) is 19.1 Å². The number of hydrogen-bond acceptors (Lipinski definition) is 3. The Morgan fingerprint density at radius 3 is 2.35 bits per heavy atom. The van der Waals surface area contributed by atoms with Crippen LogP contribution in [0.3, 0.4) is 0 Å². The molecule has 1 aromatic heterocycles. The molecule has 0 radical (unpaired) electrons. The fourth-order valence-corrected chi connectivity index (χ4v) is 2.42. The first kappa shape index (κ1) is 17.7. The van der Waals surface area contributed by atoms with Gasteiger partial charge in [0.1, 0.15) is 0 Å². The molecular weight excluding hydrogens is 350 g/mol. The highest BCUT2D eigenvalue weighted by atomic mass is 19.2. The third kappa shape index (κ3) is 3.58. The van der Waals surface area contributed by atoms with E-state index in [1.165, 1.54) is 4.57 Å². The molecule has 26 heavy (non-hydrogen) atoms. The number of nitrogens with zero attached hydrogens (tertiary/aromatic N) is 2. The smallest absolute Gasteiger partial charge is 0.310 e. The van der Waals surface area contributed by atoms with E-state index in [-0.39, 0.29) is 18.1 Å². The van der Waals surface area contributed by atoms with E-state index in [0.717, 1.165) is 23.9 Å². The minimum absolute atomic E-state index is 0.0177. The normalized spacial score (nSPS) is 10.8. The summed E-state index contributed by atoms with van der Waals surface area (Å²) < 4.78 is 54.8. The minimum atomic E-state index is -1.59. The van der Waals surface area contributed by atoms with Gasteiger partial charge in [-0.1, -0.05) is 18.2 Å². The fourth-order valence-electron chi connectivity index (χ4n) is 2.42. The van der Waals surface area contributed by atoms with Crippen LogP contribution in [-0.2, 0) is 6.54 Å². The van der Waals surface area contributed by atoms with E-state index in [2.05, 4.69) is 10.3 Å². The fraction of sp³-hybridized carbons (Fsp3) is 0.111. The third-order valence-corrected chi connectivity index (χ3v) is 3.74. The summed E-state index contributed by atoms with van der Waals surface area (Å²) >= 11 is 0. The number of nitrogens with one attached hydrogen (secondary N) is 1. The first-order chi connectivity index (χ1) is 12.3. The Hall–Kier alpha value is -3.16. The second-order valence-electron chi connectivity index (χ2n) is 5.66. The van der Waals surface area contributed by atoms with Crippen LogP contribution in [-0.4, -0.2) is 9.55 Å². The van der Waals surface area contributed by atoms with Gasteiger partial charge in [-0.15, -0.1) is 0 Å². The van der Waals surface area contributed by atoms with Crippen LogP contribution in [0.2, 0.25) is 0 Å². The summed E-state index contributed by atoms with van der Waals surface area (Å²) in [7, 11) is 0.